The summed E-state index contributed by atoms with van der Waals surface area (Å²) < 4.78 is 24.8. The molecule has 4 heterocycles. The third-order valence-corrected chi connectivity index (χ3v) is 5.45. The molecule has 0 spiro atoms. The molecule has 3 aromatic heterocycles. The number of anilines is 2. The molecule has 1 aliphatic heterocycles. The maximum absolute atomic E-state index is 14.3. The van der Waals surface area contributed by atoms with Gasteiger partial charge in [0.15, 0.2) is 11.6 Å². The van der Waals surface area contributed by atoms with Crippen LogP contribution in [-0.4, -0.2) is 41.6 Å². The first kappa shape index (κ1) is 19.8. The molecule has 162 valence electrons. The van der Waals surface area contributed by atoms with Crippen LogP contribution < -0.4 is 20.1 Å². The van der Waals surface area contributed by atoms with Crippen LogP contribution in [0.25, 0.3) is 22.3 Å². The summed E-state index contributed by atoms with van der Waals surface area (Å²) in [6.45, 7) is 0.529. The number of hydrogen-bond acceptors (Lipinski definition) is 6. The lowest BCUT2D eigenvalue weighted by atomic mass is 10.0. The Hall–Kier alpha value is -4.14. The number of rotatable bonds is 5. The van der Waals surface area contributed by atoms with Crippen molar-refractivity contribution in [3.05, 3.63) is 59.8 Å². The maximum Gasteiger partial charge on any atom is 0.255 e. The highest BCUT2D eigenvalue weighted by Gasteiger charge is 2.28. The normalized spacial score (nSPS) is 12.9. The van der Waals surface area contributed by atoms with Crippen molar-refractivity contribution in [1.82, 2.24) is 20.3 Å². The minimum atomic E-state index is -0.504. The molecule has 0 radical (unpaired) electrons. The number of para-hydroxylation sites is 1. The number of aromatic amines is 1. The number of ether oxygens (including phenoxy) is 2. The molecule has 3 N–H and O–H groups in total. The van der Waals surface area contributed by atoms with E-state index in [4.69, 9.17) is 9.47 Å². The molecule has 5 rings (SSSR count). The van der Waals surface area contributed by atoms with E-state index in [1.807, 2.05) is 6.07 Å². The summed E-state index contributed by atoms with van der Waals surface area (Å²) in [4.78, 5) is 25.1. The van der Waals surface area contributed by atoms with Gasteiger partial charge in [-0.1, -0.05) is 6.07 Å². The summed E-state index contributed by atoms with van der Waals surface area (Å²) in [6.07, 6.45) is 3.93. The Morgan fingerprint density at radius 2 is 2.03 bits per heavy atom. The summed E-state index contributed by atoms with van der Waals surface area (Å²) in [7, 11) is 2.97. The van der Waals surface area contributed by atoms with Crippen LogP contribution >= 0.6 is 0 Å². The fraction of sp³-hybridized carbons (Fsp3) is 0.174. The van der Waals surface area contributed by atoms with Gasteiger partial charge in [0, 0.05) is 36.5 Å². The largest absolute Gasteiger partial charge is 0.495 e. The Labute approximate surface area is 182 Å². The second-order valence-electron chi connectivity index (χ2n) is 7.28. The molecule has 0 saturated carbocycles. The smallest absolute Gasteiger partial charge is 0.255 e. The molecule has 4 aromatic rings. The highest BCUT2D eigenvalue weighted by atomic mass is 19.1. The summed E-state index contributed by atoms with van der Waals surface area (Å²) in [5.74, 6) is -0.0575. The fourth-order valence-electron chi connectivity index (χ4n) is 3.98. The molecule has 0 saturated heterocycles. The number of amides is 1. The fourth-order valence-corrected chi connectivity index (χ4v) is 3.98. The van der Waals surface area contributed by atoms with Gasteiger partial charge in [-0.05, 0) is 18.2 Å². The van der Waals surface area contributed by atoms with E-state index in [2.05, 4.69) is 25.6 Å². The summed E-state index contributed by atoms with van der Waals surface area (Å²) in [5.41, 5.74) is 4.89. The van der Waals surface area contributed by atoms with Gasteiger partial charge in [-0.25, -0.2) is 4.39 Å². The molecule has 0 unspecified atom stereocenters. The van der Waals surface area contributed by atoms with Crippen molar-refractivity contribution < 1.29 is 18.7 Å². The van der Waals surface area contributed by atoms with Gasteiger partial charge in [-0.15, -0.1) is 0 Å². The number of carbonyl (C=O) groups excluding carboxylic acids is 1. The van der Waals surface area contributed by atoms with Crippen molar-refractivity contribution in [3.8, 4) is 22.8 Å². The molecule has 1 aliphatic rings. The van der Waals surface area contributed by atoms with Crippen LogP contribution in [0.1, 0.15) is 16.1 Å². The first-order valence-electron chi connectivity index (χ1n) is 10.0. The number of nitrogens with one attached hydrogen (secondary N) is 3. The number of hydrogen-bond donors (Lipinski definition) is 3. The number of benzene rings is 1. The molecule has 9 heteroatoms. The van der Waals surface area contributed by atoms with Gasteiger partial charge in [0.05, 0.1) is 54.1 Å². The van der Waals surface area contributed by atoms with Crippen molar-refractivity contribution in [2.75, 3.05) is 26.1 Å². The average molecular weight is 433 g/mol. The lowest BCUT2D eigenvalue weighted by Crippen LogP contribution is -2.31. The summed E-state index contributed by atoms with van der Waals surface area (Å²) in [5, 5.41) is 6.10. The topological polar surface area (TPSA) is 101 Å². The second-order valence-corrected chi connectivity index (χ2v) is 7.28. The van der Waals surface area contributed by atoms with Gasteiger partial charge in [0.1, 0.15) is 5.75 Å². The van der Waals surface area contributed by atoms with E-state index in [-0.39, 0.29) is 11.7 Å². The van der Waals surface area contributed by atoms with Crippen LogP contribution in [0.5, 0.6) is 11.5 Å². The predicted octanol–water partition coefficient (Wildman–Crippen LogP) is 3.81. The average Bonchev–Trinajstić information content (AvgIpc) is 3.17. The SMILES string of the molecule is COc1cnc2c(-c3[nH]c4c(c3Nc3cccc(F)c3OC)C(=O)NCC4)ccnc2c1. The van der Waals surface area contributed by atoms with E-state index in [1.54, 1.807) is 37.7 Å². The highest BCUT2D eigenvalue weighted by molar-refractivity contribution is 6.08. The van der Waals surface area contributed by atoms with Crippen LogP contribution in [-0.2, 0) is 6.42 Å². The Morgan fingerprint density at radius 1 is 1.16 bits per heavy atom. The van der Waals surface area contributed by atoms with Crippen molar-refractivity contribution in [2.45, 2.75) is 6.42 Å². The van der Waals surface area contributed by atoms with Crippen molar-refractivity contribution in [2.24, 2.45) is 0 Å². The quantitative estimate of drug-likeness (QED) is 0.443. The zero-order chi connectivity index (χ0) is 22.2. The van der Waals surface area contributed by atoms with Crippen LogP contribution in [0.4, 0.5) is 15.8 Å². The van der Waals surface area contributed by atoms with E-state index >= 15 is 0 Å². The number of nitrogens with zero attached hydrogens (tertiary/aromatic N) is 2. The first-order chi connectivity index (χ1) is 15.6. The molecule has 1 aromatic carbocycles. The van der Waals surface area contributed by atoms with E-state index in [0.717, 1.165) is 11.3 Å². The van der Waals surface area contributed by atoms with Gasteiger partial charge < -0.3 is 25.1 Å². The molecular formula is C23H20FN5O3. The van der Waals surface area contributed by atoms with Gasteiger partial charge in [0.2, 0.25) is 0 Å². The van der Waals surface area contributed by atoms with Crippen LogP contribution in [0.2, 0.25) is 0 Å². The molecule has 0 aliphatic carbocycles. The lowest BCUT2D eigenvalue weighted by Gasteiger charge is -2.17. The molecule has 0 fully saturated rings. The molecule has 0 bridgehead atoms. The third kappa shape index (κ3) is 3.18. The summed E-state index contributed by atoms with van der Waals surface area (Å²) in [6, 6.07) is 8.21. The number of carbonyl (C=O) groups is 1. The first-order valence-corrected chi connectivity index (χ1v) is 10.0. The monoisotopic (exact) mass is 433 g/mol. The van der Waals surface area contributed by atoms with Gasteiger partial charge in [-0.3, -0.25) is 14.8 Å². The predicted molar refractivity (Wildman–Crippen MR) is 118 cm³/mol. The van der Waals surface area contributed by atoms with Crippen molar-refractivity contribution in [3.63, 3.8) is 0 Å². The minimum Gasteiger partial charge on any atom is -0.495 e. The molecular weight excluding hydrogens is 413 g/mol. The van der Waals surface area contributed by atoms with Gasteiger partial charge in [0.25, 0.3) is 5.91 Å². The molecule has 32 heavy (non-hydrogen) atoms. The van der Waals surface area contributed by atoms with E-state index in [1.165, 1.54) is 13.2 Å². The molecule has 0 atom stereocenters. The lowest BCUT2D eigenvalue weighted by molar-refractivity contribution is 0.0947. The van der Waals surface area contributed by atoms with E-state index < -0.39 is 5.82 Å². The van der Waals surface area contributed by atoms with Crippen molar-refractivity contribution >= 4 is 28.3 Å². The summed E-state index contributed by atoms with van der Waals surface area (Å²) >= 11 is 0. The van der Waals surface area contributed by atoms with E-state index in [0.29, 0.717) is 52.4 Å². The Kier molecular flexibility index (Phi) is 4.85. The number of H-pyrrole nitrogens is 1. The zero-order valence-corrected chi connectivity index (χ0v) is 17.5. The standard InChI is InChI=1S/C23H20FN5O3/c1-31-12-10-17-19(27-11-12)13(6-8-25-17)20-21(18-15(28-20)7-9-26-23(18)30)29-16-5-3-4-14(24)22(16)32-2/h3-6,8,10-11,28-29H,7,9H2,1-2H3,(H,26,30). The molecule has 1 amide bonds. The molecule has 8 nitrogen and oxygen atoms in total. The number of fused-ring (bicyclic) bond motifs is 2. The number of halogens is 1. The van der Waals surface area contributed by atoms with Crippen LogP contribution in [0, 0.1) is 5.82 Å². The van der Waals surface area contributed by atoms with E-state index in [9.17, 15) is 9.18 Å². The van der Waals surface area contributed by atoms with Gasteiger partial charge in [-0.2, -0.15) is 0 Å². The number of aromatic nitrogens is 3. The Bertz CT molecular complexity index is 1350. The number of pyridine rings is 2. The highest BCUT2D eigenvalue weighted by Crippen LogP contribution is 2.41. The van der Waals surface area contributed by atoms with Crippen LogP contribution in [0.3, 0.4) is 0 Å². The Balaban J connectivity index is 1.74. The van der Waals surface area contributed by atoms with Gasteiger partial charge >= 0.3 is 0 Å². The maximum atomic E-state index is 14.3. The van der Waals surface area contributed by atoms with Crippen molar-refractivity contribution in [1.29, 1.82) is 0 Å². The Morgan fingerprint density at radius 3 is 2.84 bits per heavy atom. The van der Waals surface area contributed by atoms with Crippen LogP contribution in [0.15, 0.2) is 42.7 Å². The second kappa shape index (κ2) is 7.84. The minimum absolute atomic E-state index is 0.0621. The zero-order valence-electron chi connectivity index (χ0n) is 17.5. The number of methoxy groups -OCH3 is 2. The third-order valence-electron chi connectivity index (χ3n) is 5.45.